The Morgan fingerprint density at radius 3 is 1.38 bits per heavy atom. The molecule has 0 aromatic carbocycles. The summed E-state index contributed by atoms with van der Waals surface area (Å²) in [4.78, 5) is 13.3. The van der Waals surface area contributed by atoms with Gasteiger partial charge in [-0.3, -0.25) is 4.79 Å². The van der Waals surface area contributed by atoms with Gasteiger partial charge in [-0.2, -0.15) is 0 Å². The molecular formula is C59H103NO18. The molecule has 0 aromatic rings. The maximum atomic E-state index is 13.3. The Labute approximate surface area is 465 Å². The van der Waals surface area contributed by atoms with Crippen molar-refractivity contribution in [2.24, 2.45) is 0 Å². The number of allylic oxidation sites excluding steroid dienone is 9. The zero-order valence-electron chi connectivity index (χ0n) is 46.9. The number of unbranched alkanes of at least 4 members (excludes halogenated alkanes) is 18. The third kappa shape index (κ3) is 26.2. The summed E-state index contributed by atoms with van der Waals surface area (Å²) >= 11 is 0. The predicted molar refractivity (Wildman–Crippen MR) is 295 cm³/mol. The summed E-state index contributed by atoms with van der Waals surface area (Å²) in [7, 11) is 0. The van der Waals surface area contributed by atoms with Gasteiger partial charge in [-0.1, -0.05) is 171 Å². The summed E-state index contributed by atoms with van der Waals surface area (Å²) in [5, 5.41) is 120. The molecule has 452 valence electrons. The molecule has 17 atom stereocenters. The molecule has 0 radical (unpaired) electrons. The fourth-order valence-corrected chi connectivity index (χ4v) is 9.71. The Morgan fingerprint density at radius 2 is 0.885 bits per heavy atom. The molecule has 3 saturated heterocycles. The summed E-state index contributed by atoms with van der Waals surface area (Å²) in [5.41, 5.74) is 0. The van der Waals surface area contributed by atoms with Crippen molar-refractivity contribution in [1.82, 2.24) is 5.32 Å². The van der Waals surface area contributed by atoms with Crippen molar-refractivity contribution >= 4 is 5.91 Å². The van der Waals surface area contributed by atoms with Crippen LogP contribution in [0.4, 0.5) is 0 Å². The van der Waals surface area contributed by atoms with E-state index in [0.717, 1.165) is 83.5 Å². The van der Waals surface area contributed by atoms with Gasteiger partial charge in [-0.15, -0.1) is 0 Å². The van der Waals surface area contributed by atoms with Gasteiger partial charge in [-0.05, 0) is 57.8 Å². The SMILES string of the molecule is CC/C=C\C/C=C\C/C=C\C/C=C\CCCCCCCCCCCCC(=O)NC(COC1OC(CO)C(OC2OC(CO)C(OC3OC(CO)C(O)C(O)C3O)C(O)C2O)C(O)C1O)C(O)/C=C/CCCCCCCCCC. The van der Waals surface area contributed by atoms with Crippen LogP contribution in [0.3, 0.4) is 0 Å². The molecule has 3 aliphatic heterocycles. The van der Waals surface area contributed by atoms with E-state index in [1.54, 1.807) is 6.08 Å². The first-order valence-electron chi connectivity index (χ1n) is 29.5. The third-order valence-electron chi connectivity index (χ3n) is 14.6. The minimum atomic E-state index is -1.98. The zero-order chi connectivity index (χ0) is 56.9. The maximum Gasteiger partial charge on any atom is 0.220 e. The molecule has 12 N–H and O–H groups in total. The van der Waals surface area contributed by atoms with Crippen LogP contribution in [0.25, 0.3) is 0 Å². The fourth-order valence-electron chi connectivity index (χ4n) is 9.71. The molecule has 3 rings (SSSR count). The molecule has 3 aliphatic rings. The molecule has 0 bridgehead atoms. The third-order valence-corrected chi connectivity index (χ3v) is 14.6. The van der Waals surface area contributed by atoms with Crippen LogP contribution in [0, 0.1) is 0 Å². The first-order chi connectivity index (χ1) is 37.8. The Hall–Kier alpha value is -2.51. The Morgan fingerprint density at radius 1 is 0.474 bits per heavy atom. The van der Waals surface area contributed by atoms with E-state index < -0.39 is 124 Å². The first kappa shape index (κ1) is 69.8. The minimum Gasteiger partial charge on any atom is -0.394 e. The fraction of sp³-hybridized carbons (Fsp3) is 0.814. The molecular weight excluding hydrogens is 1010 g/mol. The number of ether oxygens (including phenoxy) is 6. The Kier molecular flexibility index (Phi) is 37.9. The largest absolute Gasteiger partial charge is 0.394 e. The van der Waals surface area contributed by atoms with Crippen molar-refractivity contribution in [1.29, 1.82) is 0 Å². The van der Waals surface area contributed by atoms with E-state index in [-0.39, 0.29) is 18.9 Å². The molecule has 3 heterocycles. The summed E-state index contributed by atoms with van der Waals surface area (Å²) in [6.45, 7) is 1.56. The van der Waals surface area contributed by atoms with E-state index in [2.05, 4.69) is 67.8 Å². The number of aliphatic hydroxyl groups excluding tert-OH is 11. The highest BCUT2D eigenvalue weighted by Crippen LogP contribution is 2.33. The number of carbonyl (C=O) groups is 1. The smallest absolute Gasteiger partial charge is 0.220 e. The van der Waals surface area contributed by atoms with Crippen LogP contribution in [-0.2, 0) is 33.2 Å². The van der Waals surface area contributed by atoms with Crippen LogP contribution in [-0.4, -0.2) is 193 Å². The first-order valence-corrected chi connectivity index (χ1v) is 29.5. The molecule has 0 spiro atoms. The predicted octanol–water partition coefficient (Wildman–Crippen LogP) is 4.87. The van der Waals surface area contributed by atoms with Crippen LogP contribution in [0.2, 0.25) is 0 Å². The lowest BCUT2D eigenvalue weighted by atomic mass is 9.96. The van der Waals surface area contributed by atoms with Gasteiger partial charge in [0.05, 0.1) is 38.6 Å². The second-order valence-electron chi connectivity index (χ2n) is 21.1. The summed E-state index contributed by atoms with van der Waals surface area (Å²) in [6, 6.07) is -0.975. The molecule has 1 amide bonds. The molecule has 19 heteroatoms. The van der Waals surface area contributed by atoms with Gasteiger partial charge < -0.3 is 89.9 Å². The highest BCUT2D eigenvalue weighted by molar-refractivity contribution is 5.76. The standard InChI is InChI=1S/C59H103NO18/c1-3-5-7-9-11-13-15-16-17-18-19-20-21-22-23-24-25-26-27-29-31-33-35-37-47(65)60-42(43(64)36-34-32-30-28-14-12-10-8-6-4-2)41-73-57-53(71)50(68)55(45(39-62)75-57)78-59-54(72)51(69)56(46(40-63)76-59)77-58-52(70)49(67)48(66)44(38-61)74-58/h5,7,11,13,16-17,19-20,34,36,42-46,48-59,61-64,66-72H,3-4,6,8-10,12,14-15,18,21-33,35,37-41H2,1-2H3,(H,60,65)/b7-5-,13-11-,17-16-,20-19-,36-34+. The second-order valence-corrected chi connectivity index (χ2v) is 21.1. The van der Waals surface area contributed by atoms with Crippen LogP contribution in [0.1, 0.15) is 174 Å². The van der Waals surface area contributed by atoms with Gasteiger partial charge >= 0.3 is 0 Å². The molecule has 19 nitrogen and oxygen atoms in total. The van der Waals surface area contributed by atoms with Crippen LogP contribution >= 0.6 is 0 Å². The minimum absolute atomic E-state index is 0.235. The highest BCUT2D eigenvalue weighted by atomic mass is 16.8. The molecule has 3 fully saturated rings. The summed E-state index contributed by atoms with van der Waals surface area (Å²) in [5.74, 6) is -0.286. The summed E-state index contributed by atoms with van der Waals surface area (Å²) < 4.78 is 34.2. The van der Waals surface area contributed by atoms with Gasteiger partial charge in [0.15, 0.2) is 18.9 Å². The van der Waals surface area contributed by atoms with Gasteiger partial charge in [0, 0.05) is 6.42 Å². The number of amides is 1. The lowest BCUT2D eigenvalue weighted by Gasteiger charge is -2.48. The Balaban J connectivity index is 1.46. The molecule has 17 unspecified atom stereocenters. The number of hydrogen-bond acceptors (Lipinski definition) is 18. The highest BCUT2D eigenvalue weighted by Gasteiger charge is 2.53. The van der Waals surface area contributed by atoms with Crippen molar-refractivity contribution in [2.45, 2.75) is 279 Å². The number of carbonyl (C=O) groups excluding carboxylic acids is 1. The van der Waals surface area contributed by atoms with Gasteiger partial charge in [0.1, 0.15) is 73.2 Å². The number of nitrogens with one attached hydrogen (secondary N) is 1. The van der Waals surface area contributed by atoms with Gasteiger partial charge in [0.25, 0.3) is 0 Å². The topological polar surface area (TPSA) is 307 Å². The van der Waals surface area contributed by atoms with E-state index >= 15 is 0 Å². The van der Waals surface area contributed by atoms with Gasteiger partial charge in [0.2, 0.25) is 5.91 Å². The van der Waals surface area contributed by atoms with E-state index in [4.69, 9.17) is 28.4 Å². The maximum absolute atomic E-state index is 13.3. The van der Waals surface area contributed by atoms with Crippen LogP contribution < -0.4 is 5.32 Å². The van der Waals surface area contributed by atoms with Crippen LogP contribution in [0.5, 0.6) is 0 Å². The van der Waals surface area contributed by atoms with Crippen molar-refractivity contribution in [3.63, 3.8) is 0 Å². The molecule has 78 heavy (non-hydrogen) atoms. The van der Waals surface area contributed by atoms with E-state index in [0.29, 0.717) is 6.42 Å². The monoisotopic (exact) mass is 1110 g/mol. The van der Waals surface area contributed by atoms with E-state index in [1.807, 2.05) is 6.08 Å². The lowest BCUT2D eigenvalue weighted by molar-refractivity contribution is -0.379. The average Bonchev–Trinajstić information content (AvgIpc) is 3.49. The van der Waals surface area contributed by atoms with Crippen LogP contribution in [0.15, 0.2) is 60.8 Å². The lowest BCUT2D eigenvalue weighted by Crippen LogP contribution is -2.66. The van der Waals surface area contributed by atoms with Crippen molar-refractivity contribution in [3.8, 4) is 0 Å². The van der Waals surface area contributed by atoms with Crippen molar-refractivity contribution in [2.75, 3.05) is 26.4 Å². The normalized spacial score (nSPS) is 30.9. The van der Waals surface area contributed by atoms with E-state index in [1.165, 1.54) is 64.2 Å². The molecule has 0 saturated carbocycles. The molecule has 0 aromatic heterocycles. The van der Waals surface area contributed by atoms with Crippen molar-refractivity contribution in [3.05, 3.63) is 60.8 Å². The number of hydrogen-bond donors (Lipinski definition) is 12. The number of aliphatic hydroxyl groups is 11. The van der Waals surface area contributed by atoms with E-state index in [9.17, 15) is 61.0 Å². The quantitative estimate of drug-likeness (QED) is 0.0287. The zero-order valence-corrected chi connectivity index (χ0v) is 46.9. The second kappa shape index (κ2) is 42.3. The van der Waals surface area contributed by atoms with Gasteiger partial charge in [-0.25, -0.2) is 0 Å². The molecule has 0 aliphatic carbocycles. The average molecular weight is 1110 g/mol. The van der Waals surface area contributed by atoms with Crippen molar-refractivity contribution < 1.29 is 89.4 Å². The summed E-state index contributed by atoms with van der Waals surface area (Å²) in [6.07, 6.45) is 20.7. The Bertz CT molecular complexity index is 1660. The number of rotatable bonds is 42.